The Morgan fingerprint density at radius 2 is 1.94 bits per heavy atom. The number of nitrogens with zero attached hydrogens (tertiary/aromatic N) is 4. The van der Waals surface area contributed by atoms with Gasteiger partial charge in [0, 0.05) is 30.2 Å². The minimum atomic E-state index is -0.569. The number of fused-ring (bicyclic) bond motifs is 3. The maximum absolute atomic E-state index is 6.43. The molecular weight excluding hydrogens is 414 g/mol. The highest BCUT2D eigenvalue weighted by Gasteiger charge is 2.54. The number of aryl methyl sites for hydroxylation is 1. The van der Waals surface area contributed by atoms with Crippen LogP contribution in [0.15, 0.2) is 55.1 Å². The van der Waals surface area contributed by atoms with E-state index in [0.717, 1.165) is 47.0 Å². The zero-order valence-electron chi connectivity index (χ0n) is 19.2. The SMILES string of the molecule is CNc1ccc2ccc(CC[C@H]3C[C@@H](n4ccc5cncnc54)[C@@H]4OC(C)(C)O[C@H]34)cc2n1. The second-order valence-electron chi connectivity index (χ2n) is 9.66. The topological polar surface area (TPSA) is 74.1 Å². The van der Waals surface area contributed by atoms with E-state index in [2.05, 4.69) is 56.4 Å². The van der Waals surface area contributed by atoms with Crippen molar-refractivity contribution in [3.05, 3.63) is 60.7 Å². The van der Waals surface area contributed by atoms with Gasteiger partial charge < -0.3 is 19.4 Å². The molecule has 0 bridgehead atoms. The number of pyridine rings is 1. The van der Waals surface area contributed by atoms with E-state index in [0.29, 0.717) is 5.92 Å². The molecule has 0 radical (unpaired) electrons. The Balaban J connectivity index is 1.25. The number of hydrogen-bond acceptors (Lipinski definition) is 6. The smallest absolute Gasteiger partial charge is 0.163 e. The van der Waals surface area contributed by atoms with Crippen molar-refractivity contribution in [3.63, 3.8) is 0 Å². The quantitative estimate of drug-likeness (QED) is 0.480. The van der Waals surface area contributed by atoms with Gasteiger partial charge in [0.2, 0.25) is 0 Å². The third-order valence-corrected chi connectivity index (χ3v) is 7.10. The largest absolute Gasteiger partial charge is 0.373 e. The number of ether oxygens (including phenoxy) is 2. The van der Waals surface area contributed by atoms with Crippen LogP contribution in [0.5, 0.6) is 0 Å². The van der Waals surface area contributed by atoms with Crippen LogP contribution in [0, 0.1) is 5.92 Å². The summed E-state index contributed by atoms with van der Waals surface area (Å²) in [6.07, 6.45) is 8.74. The molecule has 4 heterocycles. The van der Waals surface area contributed by atoms with Crippen molar-refractivity contribution in [3.8, 4) is 0 Å². The van der Waals surface area contributed by atoms with Gasteiger partial charge in [0.1, 0.15) is 23.9 Å². The van der Waals surface area contributed by atoms with Crippen molar-refractivity contribution >= 4 is 27.8 Å². The number of hydrogen-bond donors (Lipinski definition) is 1. The first-order valence-corrected chi connectivity index (χ1v) is 11.7. The van der Waals surface area contributed by atoms with E-state index in [1.54, 1.807) is 6.33 Å². The Kier molecular flexibility index (Phi) is 4.85. The molecule has 1 saturated heterocycles. The van der Waals surface area contributed by atoms with E-state index in [4.69, 9.17) is 14.5 Å². The highest BCUT2D eigenvalue weighted by molar-refractivity contribution is 5.81. The third kappa shape index (κ3) is 3.65. The van der Waals surface area contributed by atoms with Gasteiger partial charge in [0.25, 0.3) is 0 Å². The fourth-order valence-electron chi connectivity index (χ4n) is 5.59. The van der Waals surface area contributed by atoms with Crippen LogP contribution in [0.4, 0.5) is 5.82 Å². The average Bonchev–Trinajstić information content (AvgIpc) is 3.47. The van der Waals surface area contributed by atoms with Gasteiger partial charge in [-0.2, -0.15) is 0 Å². The van der Waals surface area contributed by atoms with Gasteiger partial charge in [-0.3, -0.25) is 0 Å². The summed E-state index contributed by atoms with van der Waals surface area (Å²) in [5.74, 6) is 0.733. The Morgan fingerprint density at radius 1 is 1.09 bits per heavy atom. The number of nitrogens with one attached hydrogen (secondary N) is 1. The summed E-state index contributed by atoms with van der Waals surface area (Å²) in [7, 11) is 1.90. The predicted molar refractivity (Wildman–Crippen MR) is 128 cm³/mol. The van der Waals surface area contributed by atoms with E-state index in [1.165, 1.54) is 5.56 Å². The fraction of sp³-hybridized carbons (Fsp3) is 0.423. The van der Waals surface area contributed by atoms with E-state index < -0.39 is 5.79 Å². The number of benzene rings is 1. The van der Waals surface area contributed by atoms with Gasteiger partial charge in [-0.25, -0.2) is 15.0 Å². The van der Waals surface area contributed by atoms with Crippen LogP contribution in [0.25, 0.3) is 21.9 Å². The molecule has 3 aromatic heterocycles. The van der Waals surface area contributed by atoms with E-state index in [-0.39, 0.29) is 18.2 Å². The molecule has 1 aliphatic heterocycles. The van der Waals surface area contributed by atoms with E-state index in [9.17, 15) is 0 Å². The van der Waals surface area contributed by atoms with Crippen molar-refractivity contribution in [1.82, 2.24) is 19.5 Å². The monoisotopic (exact) mass is 443 g/mol. The fourth-order valence-corrected chi connectivity index (χ4v) is 5.59. The molecule has 6 rings (SSSR count). The van der Waals surface area contributed by atoms with Gasteiger partial charge in [-0.15, -0.1) is 0 Å². The van der Waals surface area contributed by atoms with Crippen LogP contribution < -0.4 is 5.32 Å². The van der Waals surface area contributed by atoms with Crippen molar-refractivity contribution in [2.24, 2.45) is 5.92 Å². The zero-order valence-corrected chi connectivity index (χ0v) is 19.2. The van der Waals surface area contributed by atoms with Crippen LogP contribution in [0.3, 0.4) is 0 Å². The molecule has 170 valence electrons. The van der Waals surface area contributed by atoms with Crippen LogP contribution in [-0.4, -0.2) is 44.6 Å². The highest BCUT2D eigenvalue weighted by atomic mass is 16.8. The van der Waals surface area contributed by atoms with Gasteiger partial charge in [-0.05, 0) is 68.9 Å². The second kappa shape index (κ2) is 7.78. The Hall–Kier alpha value is -3.03. The molecule has 1 saturated carbocycles. The van der Waals surface area contributed by atoms with Crippen molar-refractivity contribution in [2.75, 3.05) is 12.4 Å². The average molecular weight is 444 g/mol. The Labute approximate surface area is 193 Å². The maximum atomic E-state index is 6.43. The highest BCUT2D eigenvalue weighted by Crippen LogP contribution is 2.49. The summed E-state index contributed by atoms with van der Waals surface area (Å²) in [6, 6.07) is 13.0. The number of aromatic nitrogens is 4. The molecule has 4 aromatic rings. The Morgan fingerprint density at radius 3 is 2.82 bits per heavy atom. The summed E-state index contributed by atoms with van der Waals surface area (Å²) in [4.78, 5) is 13.4. The molecule has 0 unspecified atom stereocenters. The summed E-state index contributed by atoms with van der Waals surface area (Å²) in [5.41, 5.74) is 3.30. The van der Waals surface area contributed by atoms with Gasteiger partial charge in [-0.1, -0.05) is 12.1 Å². The maximum Gasteiger partial charge on any atom is 0.163 e. The summed E-state index contributed by atoms with van der Waals surface area (Å²) < 4.78 is 15.1. The Bertz CT molecular complexity index is 1320. The third-order valence-electron chi connectivity index (χ3n) is 7.10. The lowest BCUT2D eigenvalue weighted by atomic mass is 9.95. The molecule has 1 aromatic carbocycles. The molecule has 0 amide bonds. The number of anilines is 1. The first-order valence-electron chi connectivity index (χ1n) is 11.7. The van der Waals surface area contributed by atoms with Crippen LogP contribution in [-0.2, 0) is 15.9 Å². The number of rotatable bonds is 5. The second-order valence-corrected chi connectivity index (χ2v) is 9.66. The molecular formula is C26H29N5O2. The molecule has 7 heteroatoms. The molecule has 2 fully saturated rings. The first-order chi connectivity index (χ1) is 16.0. The lowest BCUT2D eigenvalue weighted by molar-refractivity contribution is -0.160. The lowest BCUT2D eigenvalue weighted by Gasteiger charge is -2.24. The summed E-state index contributed by atoms with van der Waals surface area (Å²) in [5, 5.41) is 5.34. The van der Waals surface area contributed by atoms with Gasteiger partial charge in [0.15, 0.2) is 5.79 Å². The van der Waals surface area contributed by atoms with Crippen LogP contribution >= 0.6 is 0 Å². The summed E-state index contributed by atoms with van der Waals surface area (Å²) in [6.45, 7) is 4.04. The predicted octanol–water partition coefficient (Wildman–Crippen LogP) is 4.74. The van der Waals surface area contributed by atoms with Gasteiger partial charge >= 0.3 is 0 Å². The van der Waals surface area contributed by atoms with Crippen molar-refractivity contribution in [1.29, 1.82) is 0 Å². The molecule has 33 heavy (non-hydrogen) atoms. The van der Waals surface area contributed by atoms with Crippen LogP contribution in [0.2, 0.25) is 0 Å². The zero-order chi connectivity index (χ0) is 22.6. The van der Waals surface area contributed by atoms with E-state index >= 15 is 0 Å². The standard InChI is InChI=1S/C26H29N5O2/c1-26(2)32-23-18(7-5-16-4-6-17-8-9-22(27-3)30-20(17)12-16)13-21(24(23)33-26)31-11-10-19-14-28-15-29-25(19)31/h4,6,8-12,14-15,18,21,23-24H,5,7,13H2,1-3H3,(H,27,30)/t18-,21+,23+,24-/m0/s1. The summed E-state index contributed by atoms with van der Waals surface area (Å²) >= 11 is 0. The van der Waals surface area contributed by atoms with Crippen LogP contribution in [0.1, 0.15) is 38.3 Å². The molecule has 0 spiro atoms. The molecule has 2 aliphatic rings. The molecule has 1 N–H and O–H groups in total. The molecule has 7 nitrogen and oxygen atoms in total. The molecule has 1 aliphatic carbocycles. The minimum absolute atomic E-state index is 0.0204. The van der Waals surface area contributed by atoms with Gasteiger partial charge in [0.05, 0.1) is 17.7 Å². The minimum Gasteiger partial charge on any atom is -0.373 e. The molecule has 4 atom stereocenters. The van der Waals surface area contributed by atoms with Crippen molar-refractivity contribution < 1.29 is 9.47 Å². The lowest BCUT2D eigenvalue weighted by Crippen LogP contribution is -2.27. The first kappa shape index (κ1) is 20.6. The van der Waals surface area contributed by atoms with Crippen molar-refractivity contribution in [2.45, 2.75) is 57.1 Å². The normalized spacial score (nSPS) is 26.2. The van der Waals surface area contributed by atoms with E-state index in [1.807, 2.05) is 33.2 Å².